The third-order valence-electron chi connectivity index (χ3n) is 3.13. The van der Waals surface area contributed by atoms with Gasteiger partial charge in [0.1, 0.15) is 17.1 Å². The molecule has 0 fully saturated rings. The predicted octanol–water partition coefficient (Wildman–Crippen LogP) is 3.65. The molecule has 0 saturated heterocycles. The summed E-state index contributed by atoms with van der Waals surface area (Å²) in [6, 6.07) is 18.5. The van der Waals surface area contributed by atoms with Crippen LogP contribution in [0.4, 0.5) is 0 Å². The van der Waals surface area contributed by atoms with Crippen LogP contribution in [0.1, 0.15) is 11.1 Å². The van der Waals surface area contributed by atoms with Gasteiger partial charge >= 0.3 is 0 Å². The Balaban J connectivity index is 2.14. The topological polar surface area (TPSA) is 40.5 Å². The van der Waals surface area contributed by atoms with Gasteiger partial charge in [-0.3, -0.25) is 0 Å². The van der Waals surface area contributed by atoms with Gasteiger partial charge in [-0.15, -0.1) is 0 Å². The van der Waals surface area contributed by atoms with E-state index in [0.717, 1.165) is 16.3 Å². The number of aromatic hydroxyl groups is 2. The summed E-state index contributed by atoms with van der Waals surface area (Å²) in [5, 5.41) is 21.6. The van der Waals surface area contributed by atoms with Gasteiger partial charge in [-0.2, -0.15) is 0 Å². The molecule has 0 aromatic heterocycles. The fraction of sp³-hybridized carbons (Fsp3) is 0. The highest BCUT2D eigenvalue weighted by atomic mass is 16.3. The van der Waals surface area contributed by atoms with Crippen molar-refractivity contribution in [1.82, 2.24) is 0 Å². The zero-order valence-electron chi connectivity index (χ0n) is 10.7. The second kappa shape index (κ2) is 4.99. The van der Waals surface area contributed by atoms with Gasteiger partial charge in [-0.25, -0.2) is 0 Å². The first-order valence-corrected chi connectivity index (χ1v) is 6.26. The van der Waals surface area contributed by atoms with Crippen molar-refractivity contribution in [3.63, 3.8) is 0 Å². The Morgan fingerprint density at radius 2 is 1.30 bits per heavy atom. The lowest BCUT2D eigenvalue weighted by Crippen LogP contribution is -1.81. The molecule has 0 unspecified atom stereocenters. The number of phenolic OH excluding ortho intramolecular Hbond substituents is 2. The fourth-order valence-electron chi connectivity index (χ4n) is 2.12. The van der Waals surface area contributed by atoms with E-state index in [1.165, 1.54) is 12.1 Å². The molecular formula is C18H12O2. The molecule has 3 rings (SSSR count). The van der Waals surface area contributed by atoms with Crippen molar-refractivity contribution in [2.24, 2.45) is 0 Å². The normalized spacial score (nSPS) is 10.0. The highest BCUT2D eigenvalue weighted by Crippen LogP contribution is 2.25. The minimum Gasteiger partial charge on any atom is -0.507 e. The lowest BCUT2D eigenvalue weighted by molar-refractivity contribution is 0.448. The smallest absolute Gasteiger partial charge is 0.134 e. The third-order valence-corrected chi connectivity index (χ3v) is 3.13. The van der Waals surface area contributed by atoms with Crippen molar-refractivity contribution in [3.8, 4) is 23.3 Å². The fourth-order valence-corrected chi connectivity index (χ4v) is 2.12. The molecule has 0 atom stereocenters. The summed E-state index contributed by atoms with van der Waals surface area (Å²) in [6.07, 6.45) is 0. The summed E-state index contributed by atoms with van der Waals surface area (Å²) < 4.78 is 0. The van der Waals surface area contributed by atoms with Crippen LogP contribution in [0.25, 0.3) is 10.8 Å². The number of hydrogen-bond acceptors (Lipinski definition) is 2. The van der Waals surface area contributed by atoms with E-state index >= 15 is 0 Å². The van der Waals surface area contributed by atoms with Crippen LogP contribution in [-0.4, -0.2) is 10.2 Å². The largest absolute Gasteiger partial charge is 0.507 e. The summed E-state index contributed by atoms with van der Waals surface area (Å²) in [6.45, 7) is 0. The number of rotatable bonds is 0. The molecule has 0 spiro atoms. The van der Waals surface area contributed by atoms with Crippen LogP contribution in [0.15, 0.2) is 60.7 Å². The van der Waals surface area contributed by atoms with E-state index in [2.05, 4.69) is 11.8 Å². The lowest BCUT2D eigenvalue weighted by atomic mass is 10.0. The molecule has 3 aromatic rings. The molecule has 0 radical (unpaired) electrons. The Bertz CT molecular complexity index is 813. The van der Waals surface area contributed by atoms with Crippen LogP contribution >= 0.6 is 0 Å². The van der Waals surface area contributed by atoms with Crippen LogP contribution in [0, 0.1) is 11.8 Å². The highest BCUT2D eigenvalue weighted by Gasteiger charge is 2.03. The van der Waals surface area contributed by atoms with Gasteiger partial charge in [-0.1, -0.05) is 54.3 Å². The summed E-state index contributed by atoms with van der Waals surface area (Å²) in [4.78, 5) is 0. The molecule has 0 aliphatic heterocycles. The Kier molecular flexibility index (Phi) is 3.02. The maximum Gasteiger partial charge on any atom is 0.134 e. The van der Waals surface area contributed by atoms with Crippen LogP contribution in [0.5, 0.6) is 11.5 Å². The monoisotopic (exact) mass is 260 g/mol. The summed E-state index contributed by atoms with van der Waals surface area (Å²) in [5.74, 6) is 5.82. The van der Waals surface area contributed by atoms with E-state index in [1.54, 1.807) is 6.07 Å². The summed E-state index contributed by atoms with van der Waals surface area (Å²) in [7, 11) is 0. The van der Waals surface area contributed by atoms with Gasteiger partial charge in [-0.05, 0) is 29.0 Å². The van der Waals surface area contributed by atoms with Crippen LogP contribution in [-0.2, 0) is 0 Å². The standard InChI is InChI=1S/C18H12O2/c19-17-9-4-10-18(20)16(17)12-11-14-7-3-6-13-5-1-2-8-15(13)14/h1-10,19-20H. The first kappa shape index (κ1) is 12.1. The minimum atomic E-state index is -0.0160. The average Bonchev–Trinajstić information content (AvgIpc) is 2.47. The van der Waals surface area contributed by atoms with E-state index in [0.29, 0.717) is 0 Å². The maximum atomic E-state index is 9.72. The molecule has 0 aliphatic carbocycles. The molecule has 2 heteroatoms. The van der Waals surface area contributed by atoms with Crippen molar-refractivity contribution >= 4 is 10.8 Å². The lowest BCUT2D eigenvalue weighted by Gasteiger charge is -2.01. The molecule has 0 saturated carbocycles. The number of benzene rings is 3. The molecule has 3 aromatic carbocycles. The zero-order chi connectivity index (χ0) is 13.9. The van der Waals surface area contributed by atoms with Crippen LogP contribution in [0.3, 0.4) is 0 Å². The summed E-state index contributed by atoms with van der Waals surface area (Å²) in [5.41, 5.74) is 1.12. The van der Waals surface area contributed by atoms with Crippen molar-refractivity contribution < 1.29 is 10.2 Å². The first-order chi connectivity index (χ1) is 9.75. The Hall–Kier alpha value is -2.92. The molecule has 20 heavy (non-hydrogen) atoms. The molecule has 0 amide bonds. The first-order valence-electron chi connectivity index (χ1n) is 6.26. The molecule has 96 valence electrons. The molecule has 0 bridgehead atoms. The minimum absolute atomic E-state index is 0.0160. The molecular weight excluding hydrogens is 248 g/mol. The summed E-state index contributed by atoms with van der Waals surface area (Å²) >= 11 is 0. The maximum absolute atomic E-state index is 9.72. The van der Waals surface area contributed by atoms with Gasteiger partial charge in [0.25, 0.3) is 0 Å². The second-order valence-electron chi connectivity index (χ2n) is 4.45. The van der Waals surface area contributed by atoms with Gasteiger partial charge in [0.2, 0.25) is 0 Å². The average molecular weight is 260 g/mol. The van der Waals surface area contributed by atoms with Crippen molar-refractivity contribution in [2.45, 2.75) is 0 Å². The van der Waals surface area contributed by atoms with Crippen LogP contribution < -0.4 is 0 Å². The van der Waals surface area contributed by atoms with E-state index in [1.807, 2.05) is 42.5 Å². The van der Waals surface area contributed by atoms with Gasteiger partial charge < -0.3 is 10.2 Å². The molecule has 2 nitrogen and oxygen atoms in total. The van der Waals surface area contributed by atoms with E-state index < -0.39 is 0 Å². The Morgan fingerprint density at radius 3 is 2.10 bits per heavy atom. The van der Waals surface area contributed by atoms with Gasteiger partial charge in [0, 0.05) is 5.56 Å². The third kappa shape index (κ3) is 2.17. The molecule has 0 aliphatic rings. The van der Waals surface area contributed by atoms with Crippen molar-refractivity contribution in [1.29, 1.82) is 0 Å². The van der Waals surface area contributed by atoms with Crippen molar-refractivity contribution in [2.75, 3.05) is 0 Å². The molecule has 2 N–H and O–H groups in total. The van der Waals surface area contributed by atoms with Crippen LogP contribution in [0.2, 0.25) is 0 Å². The van der Waals surface area contributed by atoms with Gasteiger partial charge in [0.15, 0.2) is 0 Å². The second-order valence-corrected chi connectivity index (χ2v) is 4.45. The van der Waals surface area contributed by atoms with Crippen molar-refractivity contribution in [3.05, 3.63) is 71.8 Å². The van der Waals surface area contributed by atoms with Gasteiger partial charge in [0.05, 0.1) is 0 Å². The zero-order valence-corrected chi connectivity index (χ0v) is 10.7. The van der Waals surface area contributed by atoms with E-state index in [-0.39, 0.29) is 17.1 Å². The Morgan fingerprint density at radius 1 is 0.650 bits per heavy atom. The number of hydrogen-bond donors (Lipinski definition) is 2. The highest BCUT2D eigenvalue weighted by molar-refractivity contribution is 5.88. The SMILES string of the molecule is Oc1cccc(O)c1C#Cc1cccc2ccccc12. The Labute approximate surface area is 116 Å². The molecule has 0 heterocycles. The quantitative estimate of drug-likeness (QED) is 0.606. The van der Waals surface area contributed by atoms with E-state index in [9.17, 15) is 10.2 Å². The number of phenols is 2. The number of fused-ring (bicyclic) bond motifs is 1. The predicted molar refractivity (Wildman–Crippen MR) is 79.7 cm³/mol. The van der Waals surface area contributed by atoms with E-state index in [4.69, 9.17) is 0 Å².